The van der Waals surface area contributed by atoms with Crippen LogP contribution < -0.4 is 10.6 Å². The van der Waals surface area contributed by atoms with Crippen LogP contribution in [0.15, 0.2) is 42.5 Å². The van der Waals surface area contributed by atoms with Crippen molar-refractivity contribution in [3.05, 3.63) is 62.6 Å². The molecule has 0 aliphatic rings. The average Bonchev–Trinajstić information content (AvgIpc) is 2.51. The molecule has 2 aromatic rings. The van der Waals surface area contributed by atoms with Crippen LogP contribution in [0.1, 0.15) is 0 Å². The van der Waals surface area contributed by atoms with E-state index >= 15 is 0 Å². The largest absolute Gasteiger partial charge is 0.318 e. The maximum atomic E-state index is 11.8. The summed E-state index contributed by atoms with van der Waals surface area (Å²) in [7, 11) is 0. The number of para-hydroxylation sites is 2. The molecular formula is C14H9Cl2N3O4. The molecule has 0 heterocycles. The van der Waals surface area contributed by atoms with Gasteiger partial charge < -0.3 is 10.6 Å². The summed E-state index contributed by atoms with van der Waals surface area (Å²) in [5.74, 6) is -2.05. The molecule has 9 heteroatoms. The molecule has 0 fully saturated rings. The van der Waals surface area contributed by atoms with Crippen molar-refractivity contribution < 1.29 is 14.5 Å². The van der Waals surface area contributed by atoms with Gasteiger partial charge in [-0.1, -0.05) is 35.3 Å². The molecule has 7 nitrogen and oxygen atoms in total. The Labute approximate surface area is 140 Å². The molecule has 0 atom stereocenters. The number of hydrogen-bond donors (Lipinski definition) is 2. The predicted octanol–water partition coefficient (Wildman–Crippen LogP) is 3.48. The molecule has 0 aromatic heterocycles. The molecule has 0 aliphatic heterocycles. The van der Waals surface area contributed by atoms with Crippen LogP contribution in [0.3, 0.4) is 0 Å². The summed E-state index contributed by atoms with van der Waals surface area (Å²) >= 11 is 11.5. The second-order valence-electron chi connectivity index (χ2n) is 4.31. The van der Waals surface area contributed by atoms with Crippen molar-refractivity contribution in [3.63, 3.8) is 0 Å². The van der Waals surface area contributed by atoms with Crippen molar-refractivity contribution in [2.45, 2.75) is 0 Å². The number of hydrogen-bond acceptors (Lipinski definition) is 4. The topological polar surface area (TPSA) is 101 Å². The lowest BCUT2D eigenvalue weighted by molar-refractivity contribution is -0.383. The SMILES string of the molecule is O=C(Nc1ccc(Cl)c(Cl)c1)C(=O)Nc1ccccc1[N+](=O)[O-]. The van der Waals surface area contributed by atoms with Crippen LogP contribution >= 0.6 is 23.2 Å². The van der Waals surface area contributed by atoms with Crippen LogP contribution in [0.2, 0.25) is 10.0 Å². The Bertz CT molecular complexity index is 795. The quantitative estimate of drug-likeness (QED) is 0.500. The molecule has 2 rings (SSSR count). The molecule has 0 spiro atoms. The van der Waals surface area contributed by atoms with Crippen molar-refractivity contribution in [3.8, 4) is 0 Å². The van der Waals surface area contributed by atoms with Crippen molar-refractivity contribution in [1.29, 1.82) is 0 Å². The van der Waals surface area contributed by atoms with E-state index in [2.05, 4.69) is 10.6 Å². The highest BCUT2D eigenvalue weighted by atomic mass is 35.5. The summed E-state index contributed by atoms with van der Waals surface area (Å²) < 4.78 is 0. The highest BCUT2D eigenvalue weighted by Crippen LogP contribution is 2.25. The highest BCUT2D eigenvalue weighted by Gasteiger charge is 2.19. The van der Waals surface area contributed by atoms with E-state index in [1.807, 2.05) is 0 Å². The van der Waals surface area contributed by atoms with Gasteiger partial charge in [0.15, 0.2) is 0 Å². The van der Waals surface area contributed by atoms with Gasteiger partial charge in [-0.25, -0.2) is 0 Å². The van der Waals surface area contributed by atoms with Gasteiger partial charge in [-0.15, -0.1) is 0 Å². The van der Waals surface area contributed by atoms with Gasteiger partial charge in [-0.05, 0) is 24.3 Å². The fourth-order valence-electron chi connectivity index (χ4n) is 1.68. The highest BCUT2D eigenvalue weighted by molar-refractivity contribution is 6.44. The monoisotopic (exact) mass is 353 g/mol. The number of halogens is 2. The first-order valence-electron chi connectivity index (χ1n) is 6.19. The van der Waals surface area contributed by atoms with Crippen molar-refractivity contribution in [1.82, 2.24) is 0 Å². The van der Waals surface area contributed by atoms with Gasteiger partial charge >= 0.3 is 11.8 Å². The van der Waals surface area contributed by atoms with Crippen molar-refractivity contribution in [2.75, 3.05) is 10.6 Å². The van der Waals surface area contributed by atoms with Crippen LogP contribution in [0, 0.1) is 10.1 Å². The molecule has 0 saturated carbocycles. The van der Waals surface area contributed by atoms with E-state index in [4.69, 9.17) is 23.2 Å². The van der Waals surface area contributed by atoms with Gasteiger partial charge in [0, 0.05) is 11.8 Å². The number of nitro groups is 1. The first-order valence-corrected chi connectivity index (χ1v) is 6.95. The Balaban J connectivity index is 2.10. The molecule has 118 valence electrons. The molecule has 0 aliphatic carbocycles. The number of nitro benzene ring substituents is 1. The second-order valence-corrected chi connectivity index (χ2v) is 5.13. The number of rotatable bonds is 3. The zero-order chi connectivity index (χ0) is 17.0. The van der Waals surface area contributed by atoms with Gasteiger partial charge in [0.25, 0.3) is 5.69 Å². The Kier molecular flexibility index (Phi) is 5.15. The Morgan fingerprint density at radius 2 is 1.61 bits per heavy atom. The van der Waals surface area contributed by atoms with Gasteiger partial charge in [0.1, 0.15) is 5.69 Å². The lowest BCUT2D eigenvalue weighted by Crippen LogP contribution is -2.29. The molecule has 0 bridgehead atoms. The zero-order valence-corrected chi connectivity index (χ0v) is 12.9. The molecule has 0 radical (unpaired) electrons. The summed E-state index contributed by atoms with van der Waals surface area (Å²) in [6.45, 7) is 0. The third kappa shape index (κ3) is 4.18. The molecule has 23 heavy (non-hydrogen) atoms. The van der Waals surface area contributed by atoms with E-state index in [0.717, 1.165) is 0 Å². The summed E-state index contributed by atoms with van der Waals surface area (Å²) in [4.78, 5) is 33.9. The number of amides is 2. The minimum Gasteiger partial charge on any atom is -0.318 e. The van der Waals surface area contributed by atoms with Gasteiger partial charge in [0.05, 0.1) is 15.0 Å². The first kappa shape index (κ1) is 16.7. The summed E-state index contributed by atoms with van der Waals surface area (Å²) in [6, 6.07) is 9.78. The molecular weight excluding hydrogens is 345 g/mol. The molecule has 2 N–H and O–H groups in total. The number of carbonyl (C=O) groups excluding carboxylic acids is 2. The van der Waals surface area contributed by atoms with Crippen LogP contribution in [-0.4, -0.2) is 16.7 Å². The number of nitrogens with one attached hydrogen (secondary N) is 2. The number of benzene rings is 2. The first-order chi connectivity index (χ1) is 10.9. The molecule has 2 amide bonds. The van der Waals surface area contributed by atoms with E-state index in [9.17, 15) is 19.7 Å². The van der Waals surface area contributed by atoms with Crippen molar-refractivity contribution >= 4 is 52.1 Å². The smallest absolute Gasteiger partial charge is 0.314 e. The molecule has 0 unspecified atom stereocenters. The Morgan fingerprint density at radius 1 is 0.957 bits per heavy atom. The molecule has 2 aromatic carbocycles. The average molecular weight is 354 g/mol. The fourth-order valence-corrected chi connectivity index (χ4v) is 1.98. The summed E-state index contributed by atoms with van der Waals surface area (Å²) in [5, 5.41) is 15.9. The third-order valence-corrected chi connectivity index (χ3v) is 3.47. The van der Waals surface area contributed by atoms with E-state index in [1.54, 1.807) is 0 Å². The van der Waals surface area contributed by atoms with Crippen LogP contribution in [-0.2, 0) is 9.59 Å². The second kappa shape index (κ2) is 7.08. The Morgan fingerprint density at radius 3 is 2.26 bits per heavy atom. The third-order valence-electron chi connectivity index (χ3n) is 2.73. The number of carbonyl (C=O) groups is 2. The van der Waals surface area contributed by atoms with E-state index in [0.29, 0.717) is 5.02 Å². The van der Waals surface area contributed by atoms with E-state index in [1.165, 1.54) is 42.5 Å². The van der Waals surface area contributed by atoms with E-state index in [-0.39, 0.29) is 22.1 Å². The van der Waals surface area contributed by atoms with Gasteiger partial charge in [0.2, 0.25) is 0 Å². The zero-order valence-electron chi connectivity index (χ0n) is 11.4. The normalized spacial score (nSPS) is 10.0. The fraction of sp³-hybridized carbons (Fsp3) is 0. The minimum atomic E-state index is -1.05. The van der Waals surface area contributed by atoms with E-state index < -0.39 is 16.7 Å². The standard InChI is InChI=1S/C14H9Cl2N3O4/c15-9-6-5-8(7-10(9)16)17-13(20)14(21)18-11-3-1-2-4-12(11)19(22)23/h1-7H,(H,17,20)(H,18,21). The maximum Gasteiger partial charge on any atom is 0.314 e. The van der Waals surface area contributed by atoms with Crippen LogP contribution in [0.25, 0.3) is 0 Å². The lowest BCUT2D eigenvalue weighted by atomic mass is 10.2. The number of anilines is 2. The van der Waals surface area contributed by atoms with Crippen LogP contribution in [0.4, 0.5) is 17.1 Å². The van der Waals surface area contributed by atoms with Crippen LogP contribution in [0.5, 0.6) is 0 Å². The predicted molar refractivity (Wildman–Crippen MR) is 86.8 cm³/mol. The molecule has 0 saturated heterocycles. The maximum absolute atomic E-state index is 11.8. The van der Waals surface area contributed by atoms with Gasteiger partial charge in [-0.2, -0.15) is 0 Å². The van der Waals surface area contributed by atoms with Gasteiger partial charge in [-0.3, -0.25) is 19.7 Å². The minimum absolute atomic E-state index is 0.0770. The lowest BCUT2D eigenvalue weighted by Gasteiger charge is -2.07. The van der Waals surface area contributed by atoms with Crippen molar-refractivity contribution in [2.24, 2.45) is 0 Å². The summed E-state index contributed by atoms with van der Waals surface area (Å²) in [5.41, 5.74) is -0.128. The Hall–Kier alpha value is -2.64. The number of nitrogens with zero attached hydrogens (tertiary/aromatic N) is 1. The summed E-state index contributed by atoms with van der Waals surface area (Å²) in [6.07, 6.45) is 0.